The molecule has 1 atom stereocenters. The van der Waals surface area contributed by atoms with Crippen LogP contribution in [0.5, 0.6) is 0 Å². The monoisotopic (exact) mass is 300 g/mol. The highest BCUT2D eigenvalue weighted by atomic mass is 32.2. The minimum atomic E-state index is -3.88. The van der Waals surface area contributed by atoms with Gasteiger partial charge in [-0.15, -0.1) is 0 Å². The summed E-state index contributed by atoms with van der Waals surface area (Å²) < 4.78 is 40.2. The van der Waals surface area contributed by atoms with Crippen molar-refractivity contribution in [1.29, 1.82) is 5.26 Å². The Morgan fingerprint density at radius 1 is 1.50 bits per heavy atom. The zero-order valence-corrected chi connectivity index (χ0v) is 12.2. The molecule has 0 saturated carbocycles. The largest absolute Gasteiger partial charge is 0.396 e. The first-order chi connectivity index (χ1) is 9.28. The predicted octanol–water partition coefficient (Wildman–Crippen LogP) is 1.53. The van der Waals surface area contributed by atoms with Gasteiger partial charge in [0.1, 0.15) is 11.9 Å². The second-order valence-corrected chi connectivity index (χ2v) is 6.43. The molecule has 2 N–H and O–H groups in total. The van der Waals surface area contributed by atoms with Crippen LogP contribution in [0.3, 0.4) is 0 Å². The lowest BCUT2D eigenvalue weighted by molar-refractivity contribution is 0.233. The molecule has 0 aromatic heterocycles. The Hall–Kier alpha value is -1.49. The van der Waals surface area contributed by atoms with Gasteiger partial charge in [0, 0.05) is 12.1 Å². The number of aliphatic hydroxyl groups is 1. The Bertz CT molecular complexity index is 625. The number of halogens is 1. The fourth-order valence-corrected chi connectivity index (χ4v) is 3.22. The van der Waals surface area contributed by atoms with E-state index in [2.05, 4.69) is 4.72 Å². The SMILES string of the molecule is CCC(C)(CCO)NS(=O)(=O)c1ccc(F)c(C#N)c1. The highest BCUT2D eigenvalue weighted by molar-refractivity contribution is 7.89. The molecule has 7 heteroatoms. The van der Waals surface area contributed by atoms with Crippen LogP contribution in [0.25, 0.3) is 0 Å². The molecule has 0 fully saturated rings. The molecular formula is C13H17FN2O3S. The zero-order valence-electron chi connectivity index (χ0n) is 11.4. The molecule has 0 aliphatic heterocycles. The molecule has 110 valence electrons. The van der Waals surface area contributed by atoms with E-state index in [1.54, 1.807) is 19.9 Å². The number of hydrogen-bond acceptors (Lipinski definition) is 4. The number of nitriles is 1. The van der Waals surface area contributed by atoms with Gasteiger partial charge in [0.25, 0.3) is 0 Å². The number of rotatable bonds is 6. The first-order valence-electron chi connectivity index (χ1n) is 6.12. The number of nitrogens with zero attached hydrogens (tertiary/aromatic N) is 1. The van der Waals surface area contributed by atoms with E-state index in [-0.39, 0.29) is 23.5 Å². The van der Waals surface area contributed by atoms with Crippen molar-refractivity contribution in [2.24, 2.45) is 0 Å². The highest BCUT2D eigenvalue weighted by Crippen LogP contribution is 2.20. The Morgan fingerprint density at radius 3 is 2.65 bits per heavy atom. The molecule has 0 aliphatic carbocycles. The first-order valence-corrected chi connectivity index (χ1v) is 7.61. The van der Waals surface area contributed by atoms with E-state index in [4.69, 9.17) is 10.4 Å². The van der Waals surface area contributed by atoms with Crippen LogP contribution in [0.15, 0.2) is 23.1 Å². The van der Waals surface area contributed by atoms with Crippen LogP contribution in [-0.4, -0.2) is 25.7 Å². The van der Waals surface area contributed by atoms with Crippen molar-refractivity contribution in [3.63, 3.8) is 0 Å². The van der Waals surface area contributed by atoms with Crippen molar-refractivity contribution in [3.05, 3.63) is 29.6 Å². The third-order valence-corrected chi connectivity index (χ3v) is 4.83. The Kier molecular flexibility index (Phi) is 5.22. The van der Waals surface area contributed by atoms with Crippen molar-refractivity contribution in [1.82, 2.24) is 4.72 Å². The summed E-state index contributed by atoms with van der Waals surface area (Å²) in [6.45, 7) is 3.32. The molecule has 0 spiro atoms. The Balaban J connectivity index is 3.15. The molecule has 5 nitrogen and oxygen atoms in total. The summed E-state index contributed by atoms with van der Waals surface area (Å²) in [5.41, 5.74) is -1.12. The summed E-state index contributed by atoms with van der Waals surface area (Å²) in [6.07, 6.45) is 0.744. The van der Waals surface area contributed by atoms with Crippen LogP contribution in [0.1, 0.15) is 32.3 Å². The molecule has 0 aliphatic rings. The van der Waals surface area contributed by atoms with Crippen LogP contribution in [0, 0.1) is 17.1 Å². The van der Waals surface area contributed by atoms with Crippen LogP contribution in [-0.2, 0) is 10.0 Å². The summed E-state index contributed by atoms with van der Waals surface area (Å²) in [4.78, 5) is -0.173. The molecule has 0 radical (unpaired) electrons. The van der Waals surface area contributed by atoms with Crippen LogP contribution >= 0.6 is 0 Å². The lowest BCUT2D eigenvalue weighted by Crippen LogP contribution is -2.46. The second-order valence-electron chi connectivity index (χ2n) is 4.75. The third kappa shape index (κ3) is 3.76. The van der Waals surface area contributed by atoms with Crippen molar-refractivity contribution < 1.29 is 17.9 Å². The van der Waals surface area contributed by atoms with Gasteiger partial charge in [0.05, 0.1) is 10.5 Å². The van der Waals surface area contributed by atoms with E-state index in [1.807, 2.05) is 0 Å². The Labute approximate surface area is 118 Å². The van der Waals surface area contributed by atoms with E-state index in [0.717, 1.165) is 18.2 Å². The molecule has 0 bridgehead atoms. The maximum atomic E-state index is 13.2. The van der Waals surface area contributed by atoms with Gasteiger partial charge >= 0.3 is 0 Å². The third-order valence-electron chi connectivity index (χ3n) is 3.19. The molecule has 1 rings (SSSR count). The van der Waals surface area contributed by atoms with Crippen molar-refractivity contribution in [2.45, 2.75) is 37.1 Å². The topological polar surface area (TPSA) is 90.2 Å². The molecule has 0 amide bonds. The first kappa shape index (κ1) is 16.6. The van der Waals surface area contributed by atoms with E-state index in [1.165, 1.54) is 0 Å². The molecule has 20 heavy (non-hydrogen) atoms. The maximum Gasteiger partial charge on any atom is 0.241 e. The van der Waals surface area contributed by atoms with Gasteiger partial charge in [-0.05, 0) is 38.0 Å². The molecule has 1 aromatic rings. The summed E-state index contributed by atoms with van der Waals surface area (Å²) in [5, 5.41) is 17.7. The lowest BCUT2D eigenvalue weighted by atomic mass is 9.97. The smallest absolute Gasteiger partial charge is 0.241 e. The molecule has 0 saturated heterocycles. The molecule has 1 aromatic carbocycles. The number of nitrogens with one attached hydrogen (secondary N) is 1. The molecule has 1 unspecified atom stereocenters. The van der Waals surface area contributed by atoms with Gasteiger partial charge in [-0.1, -0.05) is 6.92 Å². The van der Waals surface area contributed by atoms with Crippen molar-refractivity contribution in [3.8, 4) is 6.07 Å². The van der Waals surface area contributed by atoms with Gasteiger partial charge < -0.3 is 5.11 Å². The quantitative estimate of drug-likeness (QED) is 0.833. The molecule has 0 heterocycles. The minimum Gasteiger partial charge on any atom is -0.396 e. The average Bonchev–Trinajstić information content (AvgIpc) is 2.38. The van der Waals surface area contributed by atoms with E-state index in [0.29, 0.717) is 6.42 Å². The van der Waals surface area contributed by atoms with Crippen molar-refractivity contribution >= 4 is 10.0 Å². The van der Waals surface area contributed by atoms with Crippen LogP contribution in [0.4, 0.5) is 4.39 Å². The highest BCUT2D eigenvalue weighted by Gasteiger charge is 2.29. The van der Waals surface area contributed by atoms with Crippen LogP contribution in [0.2, 0.25) is 0 Å². The normalized spacial score (nSPS) is 14.6. The van der Waals surface area contributed by atoms with Crippen molar-refractivity contribution in [2.75, 3.05) is 6.61 Å². The fourth-order valence-electron chi connectivity index (χ4n) is 1.69. The summed E-state index contributed by atoms with van der Waals surface area (Å²) in [7, 11) is -3.88. The minimum absolute atomic E-state index is 0.153. The van der Waals surface area contributed by atoms with Gasteiger partial charge in [-0.25, -0.2) is 17.5 Å². The number of benzene rings is 1. The van der Waals surface area contributed by atoms with Gasteiger partial charge in [-0.2, -0.15) is 5.26 Å². The maximum absolute atomic E-state index is 13.2. The average molecular weight is 300 g/mol. The van der Waals surface area contributed by atoms with E-state index in [9.17, 15) is 12.8 Å². The van der Waals surface area contributed by atoms with Gasteiger partial charge in [0.15, 0.2) is 0 Å². The van der Waals surface area contributed by atoms with Gasteiger partial charge in [-0.3, -0.25) is 0 Å². The van der Waals surface area contributed by atoms with Crippen LogP contribution < -0.4 is 4.72 Å². The number of hydrogen-bond donors (Lipinski definition) is 2. The summed E-state index contributed by atoms with van der Waals surface area (Å²) >= 11 is 0. The predicted molar refractivity (Wildman–Crippen MR) is 71.8 cm³/mol. The standard InChI is InChI=1S/C13H17FN2O3S/c1-3-13(2,6-7-17)16-20(18,19)11-4-5-12(14)10(8-11)9-15/h4-5,8,16-17H,3,6-7H2,1-2H3. The zero-order chi connectivity index (χ0) is 15.4. The van der Waals surface area contributed by atoms with E-state index < -0.39 is 21.4 Å². The molecular weight excluding hydrogens is 283 g/mol. The Morgan fingerprint density at radius 2 is 2.15 bits per heavy atom. The summed E-state index contributed by atoms with van der Waals surface area (Å²) in [5.74, 6) is -0.764. The second kappa shape index (κ2) is 6.31. The number of sulfonamides is 1. The van der Waals surface area contributed by atoms with Gasteiger partial charge in [0.2, 0.25) is 10.0 Å². The summed E-state index contributed by atoms with van der Waals surface area (Å²) in [6, 6.07) is 4.65. The fraction of sp³-hybridized carbons (Fsp3) is 0.462. The lowest BCUT2D eigenvalue weighted by Gasteiger charge is -2.28. The van der Waals surface area contributed by atoms with E-state index >= 15 is 0 Å². The number of aliphatic hydroxyl groups excluding tert-OH is 1.